The van der Waals surface area contributed by atoms with E-state index in [9.17, 15) is 25.5 Å². The van der Waals surface area contributed by atoms with Gasteiger partial charge in [0.05, 0.1) is 25.7 Å². The van der Waals surface area contributed by atoms with Crippen molar-refractivity contribution in [3.8, 4) is 34.5 Å². The Kier molecular flexibility index (Phi) is 14.0. The zero-order chi connectivity index (χ0) is 43.8. The molecule has 62 heavy (non-hydrogen) atoms. The normalized spacial score (nSPS) is 18.5. The Bertz CT molecular complexity index is 2390. The maximum Gasteiger partial charge on any atom is 0.200 e. The molecule has 2 heterocycles. The maximum absolute atomic E-state index is 15.3. The number of nitrogens with one attached hydrogen (secondary N) is 3. The third-order valence-electron chi connectivity index (χ3n) is 12.8. The van der Waals surface area contributed by atoms with Crippen LogP contribution in [0.5, 0.6) is 34.5 Å². The minimum absolute atomic E-state index is 0.0114. The number of aromatic amines is 1. The van der Waals surface area contributed by atoms with Gasteiger partial charge in [-0.05, 0) is 157 Å². The Balaban J connectivity index is 1.24. The number of rotatable bonds is 20. The highest BCUT2D eigenvalue weighted by Crippen LogP contribution is 2.57. The van der Waals surface area contributed by atoms with E-state index in [0.717, 1.165) is 64.8 Å². The summed E-state index contributed by atoms with van der Waals surface area (Å²) in [6.07, 6.45) is 11.2. The van der Waals surface area contributed by atoms with Gasteiger partial charge < -0.3 is 50.6 Å². The summed E-state index contributed by atoms with van der Waals surface area (Å²) in [5.74, 6) is 0.577. The van der Waals surface area contributed by atoms with Gasteiger partial charge in [0, 0.05) is 36.0 Å². The number of hydrogen-bond donors (Lipinski definition) is 8. The Morgan fingerprint density at radius 1 is 0.903 bits per heavy atom. The summed E-state index contributed by atoms with van der Waals surface area (Å²) in [7, 11) is 1.50. The molecule has 8 N–H and O–H groups in total. The summed E-state index contributed by atoms with van der Waals surface area (Å²) in [5, 5.41) is 63.3. The first-order valence-corrected chi connectivity index (χ1v) is 22.0. The molecule has 2 aliphatic rings. The van der Waals surface area contributed by atoms with Gasteiger partial charge in [-0.25, -0.2) is 0 Å². The Labute approximate surface area is 364 Å². The van der Waals surface area contributed by atoms with Gasteiger partial charge in [0.2, 0.25) is 5.75 Å². The summed E-state index contributed by atoms with van der Waals surface area (Å²) in [5.41, 5.74) is 3.71. The number of aromatic hydroxyl groups is 4. The van der Waals surface area contributed by atoms with E-state index in [1.165, 1.54) is 13.2 Å². The summed E-state index contributed by atoms with van der Waals surface area (Å²) in [6, 6.07) is 23.7. The molecule has 1 aliphatic heterocycles. The highest BCUT2D eigenvalue weighted by atomic mass is 16.5. The number of dihydropyridines is 1. The molecule has 7 rings (SSSR count). The van der Waals surface area contributed by atoms with Crippen LogP contribution < -0.4 is 20.1 Å². The van der Waals surface area contributed by atoms with Crippen LogP contribution in [0.2, 0.25) is 0 Å². The van der Waals surface area contributed by atoms with Crippen LogP contribution in [0.15, 0.2) is 109 Å². The Hall–Kier alpha value is -6.07. The number of aliphatic hydroxyl groups excluding tert-OH is 1. The Morgan fingerprint density at radius 3 is 2.50 bits per heavy atom. The summed E-state index contributed by atoms with van der Waals surface area (Å²) in [4.78, 5) is 18.7. The highest BCUT2D eigenvalue weighted by Gasteiger charge is 2.55. The van der Waals surface area contributed by atoms with E-state index in [2.05, 4.69) is 47.7 Å². The number of ketones is 1. The van der Waals surface area contributed by atoms with Crippen molar-refractivity contribution in [2.45, 2.75) is 84.2 Å². The molecule has 0 spiro atoms. The fourth-order valence-electron chi connectivity index (χ4n) is 9.73. The van der Waals surface area contributed by atoms with E-state index in [4.69, 9.17) is 9.47 Å². The van der Waals surface area contributed by atoms with Crippen molar-refractivity contribution in [1.82, 2.24) is 10.3 Å². The average molecular weight is 844 g/mol. The topological polar surface area (TPSA) is 177 Å². The number of carbonyl (C=O) groups is 1. The number of ether oxygens (including phenoxy) is 2. The molecule has 328 valence electrons. The van der Waals surface area contributed by atoms with Gasteiger partial charge >= 0.3 is 0 Å². The number of allylic oxidation sites excluding steroid dienone is 2. The van der Waals surface area contributed by atoms with E-state index in [1.54, 1.807) is 30.3 Å². The predicted octanol–water partition coefficient (Wildman–Crippen LogP) is 9.44. The lowest BCUT2D eigenvalue weighted by Crippen LogP contribution is -2.48. The second-order valence-corrected chi connectivity index (χ2v) is 17.4. The molecule has 1 aromatic heterocycles. The highest BCUT2D eigenvalue weighted by molar-refractivity contribution is 5.87. The molecule has 5 aromatic rings. The van der Waals surface area contributed by atoms with Gasteiger partial charge in [-0.1, -0.05) is 44.5 Å². The van der Waals surface area contributed by atoms with E-state index in [0.29, 0.717) is 56.1 Å². The van der Waals surface area contributed by atoms with Crippen LogP contribution in [0.25, 0.3) is 10.8 Å². The molecule has 4 aromatic carbocycles. The number of aliphatic hydroxyl groups is 1. The van der Waals surface area contributed by atoms with Gasteiger partial charge in [0.25, 0.3) is 0 Å². The fraction of sp³-hybridized carbons (Fsp3) is 0.392. The van der Waals surface area contributed by atoms with Gasteiger partial charge in [0.1, 0.15) is 17.4 Å². The van der Waals surface area contributed by atoms with E-state index < -0.39 is 17.4 Å². The lowest BCUT2D eigenvalue weighted by Gasteiger charge is -2.46. The molecule has 1 saturated carbocycles. The Morgan fingerprint density at radius 2 is 1.71 bits per heavy atom. The van der Waals surface area contributed by atoms with Gasteiger partial charge in [0.15, 0.2) is 23.0 Å². The van der Waals surface area contributed by atoms with E-state index >= 15 is 4.79 Å². The van der Waals surface area contributed by atoms with Crippen LogP contribution in [-0.2, 0) is 24.1 Å². The predicted molar refractivity (Wildman–Crippen MR) is 243 cm³/mol. The number of phenols is 4. The number of hydrogen-bond acceptors (Lipinski definition) is 10. The number of benzene rings is 4. The van der Waals surface area contributed by atoms with Crippen molar-refractivity contribution in [3.63, 3.8) is 0 Å². The molecule has 4 unspecified atom stereocenters. The summed E-state index contributed by atoms with van der Waals surface area (Å²) >= 11 is 0. The van der Waals surface area contributed by atoms with Crippen LogP contribution in [0.1, 0.15) is 75.6 Å². The molecular formula is C51H61N3O8. The molecular weight excluding hydrogens is 783 g/mol. The zero-order valence-corrected chi connectivity index (χ0v) is 36.0. The van der Waals surface area contributed by atoms with Crippen molar-refractivity contribution < 1.29 is 39.8 Å². The van der Waals surface area contributed by atoms with Crippen LogP contribution in [0, 0.1) is 23.2 Å². The number of phenolic OH excluding ortho intramolecular Hbond substituents is 4. The number of Topliss-reactive ketones (excluding diaryl/α,β-unsaturated/α-hetero) is 1. The summed E-state index contributed by atoms with van der Waals surface area (Å²) in [6.45, 7) is 5.19. The fourth-order valence-corrected chi connectivity index (χ4v) is 9.73. The first-order valence-electron chi connectivity index (χ1n) is 22.0. The van der Waals surface area contributed by atoms with Crippen LogP contribution in [0.3, 0.4) is 0 Å². The number of methoxy groups -OCH3 is 1. The van der Waals surface area contributed by atoms with E-state index in [1.807, 2.05) is 42.6 Å². The van der Waals surface area contributed by atoms with E-state index in [-0.39, 0.29) is 53.3 Å². The van der Waals surface area contributed by atoms with Crippen molar-refractivity contribution in [2.75, 3.05) is 25.6 Å². The maximum atomic E-state index is 15.3. The smallest absolute Gasteiger partial charge is 0.200 e. The average Bonchev–Trinajstić information content (AvgIpc) is 3.94. The minimum Gasteiger partial charge on any atom is -0.508 e. The second kappa shape index (κ2) is 19.8. The lowest BCUT2D eigenvalue weighted by molar-refractivity contribution is -0.133. The number of aryl methyl sites for hydroxylation is 2. The van der Waals surface area contributed by atoms with Gasteiger partial charge in [-0.15, -0.1) is 0 Å². The molecule has 0 saturated heterocycles. The standard InChI is InChI=1S/C51H61N3O8/c1-32(2)7-6-24-62-47-27-34(25-45(59)50(47)60)12-19-44(58)49(43(57)18-11-33-10-17-42(56)46(26-33)61-3)51(21-4-8-37(51)30-39-9-5-22-52-39)38-20-23-53-48(31-38)54-40-15-13-36-29-41(55)16-14-35(36)28-40/h5,9-10,13-17,20,22,25-29,31-32,37,43,49,52-57,59-60H,4,6-8,11-12,18-19,21,23-24,30H2,1-3H3. The number of carbonyl (C=O) groups excluding carboxylic acids is 1. The van der Waals surface area contributed by atoms with Crippen molar-refractivity contribution in [1.29, 1.82) is 0 Å². The lowest BCUT2D eigenvalue weighted by atomic mass is 9.58. The molecule has 1 fully saturated rings. The molecule has 11 heteroatoms. The third kappa shape index (κ3) is 10.2. The molecule has 0 radical (unpaired) electrons. The van der Waals surface area contributed by atoms with Crippen LogP contribution >= 0.6 is 0 Å². The molecule has 1 aliphatic carbocycles. The van der Waals surface area contributed by atoms with Gasteiger partial charge in [-0.3, -0.25) is 4.79 Å². The van der Waals surface area contributed by atoms with Gasteiger partial charge in [-0.2, -0.15) is 0 Å². The third-order valence-corrected chi connectivity index (χ3v) is 12.8. The number of H-pyrrole nitrogens is 1. The quantitative estimate of drug-likeness (QED) is 0.0278. The first kappa shape index (κ1) is 44.0. The van der Waals surface area contributed by atoms with Crippen molar-refractivity contribution in [2.24, 2.45) is 23.2 Å². The molecule has 0 amide bonds. The first-order chi connectivity index (χ1) is 29.9. The summed E-state index contributed by atoms with van der Waals surface area (Å²) < 4.78 is 11.3. The zero-order valence-electron chi connectivity index (χ0n) is 36.0. The molecule has 11 nitrogen and oxygen atoms in total. The minimum atomic E-state index is -1.03. The van der Waals surface area contributed by atoms with Crippen molar-refractivity contribution in [3.05, 3.63) is 125 Å². The van der Waals surface area contributed by atoms with Crippen LogP contribution in [-0.4, -0.2) is 62.7 Å². The second-order valence-electron chi connectivity index (χ2n) is 17.4. The SMILES string of the molecule is COc1cc(CCC(O)C(C(=O)CCc2cc(O)c(O)c(OCCCC(C)C)c2)C2(C3=CCNC(Nc4ccc5cc(O)ccc5c4)=C3)CCCC2Cc2ccc[nH]2)ccc1O. The number of aromatic nitrogens is 1. The number of anilines is 1. The number of fused-ring (bicyclic) bond motifs is 1. The van der Waals surface area contributed by atoms with Crippen LogP contribution in [0.4, 0.5) is 5.69 Å². The molecule has 0 bridgehead atoms. The largest absolute Gasteiger partial charge is 0.508 e. The monoisotopic (exact) mass is 843 g/mol. The van der Waals surface area contributed by atoms with Crippen molar-refractivity contribution >= 4 is 22.2 Å². The molecule has 4 atom stereocenters.